The number of ether oxygens (including phenoxy) is 1. The molecule has 1 saturated heterocycles. The van der Waals surface area contributed by atoms with Crippen LogP contribution >= 0.6 is 0 Å². The second-order valence-corrected chi connectivity index (χ2v) is 4.80. The molecule has 1 aromatic rings. The maximum Gasteiger partial charge on any atom is 0.335 e. The molecule has 6 heteroatoms. The van der Waals surface area contributed by atoms with Crippen LogP contribution in [-0.2, 0) is 11.3 Å². The predicted octanol–water partition coefficient (Wildman–Crippen LogP) is 1.36. The highest BCUT2D eigenvalue weighted by Gasteiger charge is 2.25. The van der Waals surface area contributed by atoms with Gasteiger partial charge in [-0.3, -0.25) is 0 Å². The van der Waals surface area contributed by atoms with Gasteiger partial charge in [-0.15, -0.1) is 0 Å². The van der Waals surface area contributed by atoms with Crippen molar-refractivity contribution in [2.24, 2.45) is 0 Å². The molecule has 0 bridgehead atoms. The first-order valence-corrected chi connectivity index (χ1v) is 6.54. The van der Waals surface area contributed by atoms with E-state index in [2.05, 4.69) is 10.6 Å². The summed E-state index contributed by atoms with van der Waals surface area (Å²) in [6, 6.07) is 6.21. The molecule has 1 heterocycles. The van der Waals surface area contributed by atoms with Gasteiger partial charge in [0.25, 0.3) is 0 Å². The van der Waals surface area contributed by atoms with Crippen molar-refractivity contribution in [1.82, 2.24) is 10.6 Å². The van der Waals surface area contributed by atoms with Gasteiger partial charge in [0.1, 0.15) is 0 Å². The number of rotatable bonds is 4. The zero-order chi connectivity index (χ0) is 14.5. The molecule has 0 radical (unpaired) electrons. The van der Waals surface area contributed by atoms with E-state index >= 15 is 0 Å². The van der Waals surface area contributed by atoms with E-state index in [1.54, 1.807) is 12.1 Å². The summed E-state index contributed by atoms with van der Waals surface area (Å²) in [6.45, 7) is 2.96. The quantitative estimate of drug-likeness (QED) is 0.776. The first kappa shape index (κ1) is 14.3. The van der Waals surface area contributed by atoms with Crippen molar-refractivity contribution in [1.29, 1.82) is 0 Å². The highest BCUT2D eigenvalue weighted by molar-refractivity contribution is 5.87. The second kappa shape index (κ2) is 6.38. The molecule has 2 atom stereocenters. The Morgan fingerprint density at radius 2 is 2.05 bits per heavy atom. The molecule has 2 rings (SSSR count). The highest BCUT2D eigenvalue weighted by atomic mass is 16.5. The van der Waals surface area contributed by atoms with E-state index in [-0.39, 0.29) is 23.7 Å². The summed E-state index contributed by atoms with van der Waals surface area (Å²) in [5.74, 6) is -0.961. The molecule has 3 N–H and O–H groups in total. The molecule has 6 nitrogen and oxygen atoms in total. The Morgan fingerprint density at radius 1 is 1.35 bits per heavy atom. The predicted molar refractivity (Wildman–Crippen MR) is 72.6 cm³/mol. The van der Waals surface area contributed by atoms with Gasteiger partial charge in [-0.1, -0.05) is 12.1 Å². The summed E-state index contributed by atoms with van der Waals surface area (Å²) in [6.07, 6.45) is 0.859. The van der Waals surface area contributed by atoms with E-state index in [1.165, 1.54) is 12.1 Å². The van der Waals surface area contributed by atoms with Crippen LogP contribution in [0.15, 0.2) is 24.3 Å². The van der Waals surface area contributed by atoms with Crippen molar-refractivity contribution < 1.29 is 19.4 Å². The van der Waals surface area contributed by atoms with Crippen molar-refractivity contribution in [2.45, 2.75) is 32.0 Å². The Morgan fingerprint density at radius 3 is 2.60 bits per heavy atom. The lowest BCUT2D eigenvalue weighted by atomic mass is 10.1. The van der Waals surface area contributed by atoms with Gasteiger partial charge < -0.3 is 20.5 Å². The van der Waals surface area contributed by atoms with Gasteiger partial charge in [0.15, 0.2) is 0 Å². The molecule has 0 saturated carbocycles. The third-order valence-electron chi connectivity index (χ3n) is 3.35. The summed E-state index contributed by atoms with van der Waals surface area (Å²) in [5, 5.41) is 14.4. The maximum absolute atomic E-state index is 11.7. The Balaban J connectivity index is 1.79. The number of amides is 2. The fraction of sp³-hybridized carbons (Fsp3) is 0.429. The van der Waals surface area contributed by atoms with Crippen molar-refractivity contribution in [3.63, 3.8) is 0 Å². The lowest BCUT2D eigenvalue weighted by molar-refractivity contribution is 0.0697. The van der Waals surface area contributed by atoms with Gasteiger partial charge in [-0.2, -0.15) is 0 Å². The largest absolute Gasteiger partial charge is 0.478 e. The molecule has 2 unspecified atom stereocenters. The van der Waals surface area contributed by atoms with Gasteiger partial charge in [-0.25, -0.2) is 9.59 Å². The van der Waals surface area contributed by atoms with E-state index in [4.69, 9.17) is 9.84 Å². The van der Waals surface area contributed by atoms with Crippen LogP contribution < -0.4 is 10.6 Å². The number of carboxylic acid groups (broad SMARTS) is 1. The van der Waals surface area contributed by atoms with Crippen LogP contribution in [0.3, 0.4) is 0 Å². The fourth-order valence-electron chi connectivity index (χ4n) is 2.09. The van der Waals surface area contributed by atoms with Gasteiger partial charge in [0.05, 0.1) is 17.7 Å². The van der Waals surface area contributed by atoms with Crippen LogP contribution in [0.25, 0.3) is 0 Å². The number of hydrogen-bond acceptors (Lipinski definition) is 3. The summed E-state index contributed by atoms with van der Waals surface area (Å²) < 4.78 is 5.37. The van der Waals surface area contributed by atoms with E-state index in [0.717, 1.165) is 12.0 Å². The number of nitrogens with one attached hydrogen (secondary N) is 2. The Kier molecular flexibility index (Phi) is 4.57. The average Bonchev–Trinajstić information content (AvgIpc) is 2.82. The number of carbonyl (C=O) groups excluding carboxylic acids is 1. The summed E-state index contributed by atoms with van der Waals surface area (Å²) in [7, 11) is 0. The Hall–Kier alpha value is -2.08. The monoisotopic (exact) mass is 278 g/mol. The maximum atomic E-state index is 11.7. The Labute approximate surface area is 117 Å². The molecule has 0 spiro atoms. The van der Waals surface area contributed by atoms with Crippen LogP contribution in [0.2, 0.25) is 0 Å². The number of hydrogen-bond donors (Lipinski definition) is 3. The molecule has 20 heavy (non-hydrogen) atoms. The summed E-state index contributed by atoms with van der Waals surface area (Å²) >= 11 is 0. The normalized spacial score (nSPS) is 21.4. The zero-order valence-electron chi connectivity index (χ0n) is 11.3. The molecule has 0 aromatic heterocycles. The molecule has 2 amide bonds. The molecular formula is C14H18N2O4. The third kappa shape index (κ3) is 3.71. The molecule has 108 valence electrons. The van der Waals surface area contributed by atoms with E-state index < -0.39 is 5.97 Å². The van der Waals surface area contributed by atoms with Crippen LogP contribution in [0.1, 0.15) is 29.3 Å². The standard InChI is InChI=1S/C14H18N2O4/c1-9-12(6-7-20-9)16-14(19)15-8-10-2-4-11(5-3-10)13(17)18/h2-5,9,12H,6-8H2,1H3,(H,17,18)(H2,15,16,19). The minimum absolute atomic E-state index is 0.0376. The lowest BCUT2D eigenvalue weighted by Gasteiger charge is -2.16. The van der Waals surface area contributed by atoms with E-state index in [9.17, 15) is 9.59 Å². The van der Waals surface area contributed by atoms with E-state index in [1.807, 2.05) is 6.92 Å². The number of carbonyl (C=O) groups is 2. The lowest BCUT2D eigenvalue weighted by Crippen LogP contribution is -2.44. The summed E-state index contributed by atoms with van der Waals surface area (Å²) in [4.78, 5) is 22.4. The van der Waals surface area contributed by atoms with Crippen LogP contribution in [0, 0.1) is 0 Å². The second-order valence-electron chi connectivity index (χ2n) is 4.80. The van der Waals surface area contributed by atoms with Crippen LogP contribution in [0.4, 0.5) is 4.79 Å². The molecule has 1 aromatic carbocycles. The van der Waals surface area contributed by atoms with Crippen LogP contribution in [-0.4, -0.2) is 35.9 Å². The number of aromatic carboxylic acids is 1. The minimum Gasteiger partial charge on any atom is -0.478 e. The molecule has 0 aliphatic carbocycles. The van der Waals surface area contributed by atoms with Gasteiger partial charge in [0, 0.05) is 13.2 Å². The zero-order valence-corrected chi connectivity index (χ0v) is 11.3. The number of carboxylic acids is 1. The van der Waals surface area contributed by atoms with E-state index in [0.29, 0.717) is 13.2 Å². The molecule has 1 aliphatic heterocycles. The van der Waals surface area contributed by atoms with Crippen molar-refractivity contribution in [3.8, 4) is 0 Å². The Bertz CT molecular complexity index is 486. The number of urea groups is 1. The van der Waals surface area contributed by atoms with Gasteiger partial charge in [0.2, 0.25) is 0 Å². The molecular weight excluding hydrogens is 260 g/mol. The van der Waals surface area contributed by atoms with Crippen LogP contribution in [0.5, 0.6) is 0 Å². The average molecular weight is 278 g/mol. The van der Waals surface area contributed by atoms with Gasteiger partial charge >= 0.3 is 12.0 Å². The molecule has 1 aliphatic rings. The smallest absolute Gasteiger partial charge is 0.335 e. The van der Waals surface area contributed by atoms with Gasteiger partial charge in [-0.05, 0) is 31.0 Å². The van der Waals surface area contributed by atoms with Crippen molar-refractivity contribution in [3.05, 3.63) is 35.4 Å². The minimum atomic E-state index is -0.961. The topological polar surface area (TPSA) is 87.7 Å². The summed E-state index contributed by atoms with van der Waals surface area (Å²) in [5.41, 5.74) is 1.08. The fourth-order valence-corrected chi connectivity index (χ4v) is 2.09. The van der Waals surface area contributed by atoms with Crippen molar-refractivity contribution in [2.75, 3.05) is 6.61 Å². The third-order valence-corrected chi connectivity index (χ3v) is 3.35. The first-order chi connectivity index (χ1) is 9.56. The first-order valence-electron chi connectivity index (χ1n) is 6.54. The molecule has 1 fully saturated rings. The number of benzene rings is 1. The highest BCUT2D eigenvalue weighted by Crippen LogP contribution is 2.12. The SMILES string of the molecule is CC1OCCC1NC(=O)NCc1ccc(C(=O)O)cc1. The van der Waals surface area contributed by atoms with Crippen molar-refractivity contribution >= 4 is 12.0 Å².